The first kappa shape index (κ1) is 27.8. The molecule has 0 aromatic heterocycles. The van der Waals surface area contributed by atoms with Gasteiger partial charge in [0.05, 0.1) is 6.26 Å². The van der Waals surface area contributed by atoms with Gasteiger partial charge in [0.25, 0.3) is 10.1 Å². The summed E-state index contributed by atoms with van der Waals surface area (Å²) in [5.74, 6) is 1.60. The van der Waals surface area contributed by atoms with E-state index in [1.54, 1.807) is 0 Å². The Balaban J connectivity index is 0.000000861. The van der Waals surface area contributed by atoms with Gasteiger partial charge in [0.1, 0.15) is 0 Å². The molecule has 1 N–H and O–H groups in total. The van der Waals surface area contributed by atoms with Crippen LogP contribution in [-0.2, 0) is 10.1 Å². The molecule has 31 heavy (non-hydrogen) atoms. The highest BCUT2D eigenvalue weighted by Gasteiger charge is 2.22. The zero-order valence-corrected chi connectivity index (χ0v) is 22.7. The summed E-state index contributed by atoms with van der Waals surface area (Å²) in [6, 6.07) is 14.0. The van der Waals surface area contributed by atoms with E-state index in [1.807, 2.05) is 0 Å². The molecule has 3 nitrogen and oxygen atoms in total. The van der Waals surface area contributed by atoms with Gasteiger partial charge >= 0.3 is 0 Å². The van der Waals surface area contributed by atoms with Gasteiger partial charge in [0.15, 0.2) is 0 Å². The van der Waals surface area contributed by atoms with E-state index in [4.69, 9.17) is 4.55 Å². The lowest BCUT2D eigenvalue weighted by molar-refractivity contribution is 0.490. The molecule has 0 fully saturated rings. The van der Waals surface area contributed by atoms with Gasteiger partial charge in [0, 0.05) is 0 Å². The predicted octanol–water partition coefficient (Wildman–Crippen LogP) is 7.33. The van der Waals surface area contributed by atoms with Gasteiger partial charge < -0.3 is 0 Å². The SMILES string of the molecule is CC(C)c1cc(C(C)C)c(-c2ccccc2PC(C)(C)C)c(C(C)C)c1.CS(=O)(=O)O. The van der Waals surface area contributed by atoms with E-state index in [9.17, 15) is 8.42 Å². The molecular weight excluding hydrogens is 423 g/mol. The van der Waals surface area contributed by atoms with Crippen molar-refractivity contribution in [2.45, 2.75) is 85.2 Å². The van der Waals surface area contributed by atoms with E-state index >= 15 is 0 Å². The summed E-state index contributed by atoms with van der Waals surface area (Å²) < 4.78 is 25.9. The molecule has 2 aromatic rings. The van der Waals surface area contributed by atoms with Crippen LogP contribution < -0.4 is 5.30 Å². The Hall–Kier alpha value is -1.22. The molecule has 5 heteroatoms. The zero-order valence-electron chi connectivity index (χ0n) is 20.9. The molecule has 0 saturated heterocycles. The normalized spacial score (nSPS) is 12.7. The quantitative estimate of drug-likeness (QED) is 0.372. The summed E-state index contributed by atoms with van der Waals surface area (Å²) in [7, 11) is -2.86. The van der Waals surface area contributed by atoms with Crippen LogP contribution >= 0.6 is 8.58 Å². The lowest BCUT2D eigenvalue weighted by atomic mass is 9.82. The van der Waals surface area contributed by atoms with Crippen LogP contribution in [0, 0.1) is 0 Å². The Labute approximate surface area is 192 Å². The summed E-state index contributed by atoms with van der Waals surface area (Å²) in [6.45, 7) is 21.0. The van der Waals surface area contributed by atoms with Crippen molar-refractivity contribution in [2.75, 3.05) is 6.26 Å². The molecule has 0 spiro atoms. The summed E-state index contributed by atoms with van der Waals surface area (Å²) in [4.78, 5) is 0. The van der Waals surface area contributed by atoms with E-state index in [1.165, 1.54) is 33.1 Å². The van der Waals surface area contributed by atoms with Gasteiger partial charge in [0.2, 0.25) is 0 Å². The zero-order chi connectivity index (χ0) is 24.1. The Kier molecular flexibility index (Phi) is 9.94. The van der Waals surface area contributed by atoms with Crippen molar-refractivity contribution in [1.29, 1.82) is 0 Å². The van der Waals surface area contributed by atoms with Crippen molar-refractivity contribution in [3.05, 3.63) is 53.1 Å². The fourth-order valence-electron chi connectivity index (χ4n) is 3.48. The smallest absolute Gasteiger partial charge is 0.261 e. The molecule has 1 unspecified atom stereocenters. The van der Waals surface area contributed by atoms with Crippen LogP contribution in [0.2, 0.25) is 0 Å². The molecule has 0 radical (unpaired) electrons. The van der Waals surface area contributed by atoms with Crippen LogP contribution in [0.1, 0.15) is 96.8 Å². The van der Waals surface area contributed by atoms with Crippen LogP contribution in [0.4, 0.5) is 0 Å². The van der Waals surface area contributed by atoms with Crippen LogP contribution in [0.25, 0.3) is 11.1 Å². The fourth-order valence-corrected chi connectivity index (χ4v) is 4.81. The molecule has 1 atom stereocenters. The minimum absolute atomic E-state index is 0.309. The third kappa shape index (κ3) is 9.43. The third-order valence-electron chi connectivity index (χ3n) is 4.84. The van der Waals surface area contributed by atoms with Crippen molar-refractivity contribution < 1.29 is 13.0 Å². The van der Waals surface area contributed by atoms with E-state index in [-0.39, 0.29) is 0 Å². The van der Waals surface area contributed by atoms with Crippen molar-refractivity contribution in [1.82, 2.24) is 0 Å². The number of hydrogen-bond acceptors (Lipinski definition) is 2. The fraction of sp³-hybridized carbons (Fsp3) is 0.538. The van der Waals surface area contributed by atoms with Gasteiger partial charge in [-0.2, -0.15) is 8.42 Å². The van der Waals surface area contributed by atoms with Crippen molar-refractivity contribution in [2.24, 2.45) is 0 Å². The summed E-state index contributed by atoms with van der Waals surface area (Å²) in [6.07, 6.45) is 0.715. The molecule has 0 amide bonds. The maximum absolute atomic E-state index is 9.19. The molecule has 2 aromatic carbocycles. The van der Waals surface area contributed by atoms with E-state index in [0.29, 0.717) is 29.2 Å². The lowest BCUT2D eigenvalue weighted by Crippen LogP contribution is -2.14. The van der Waals surface area contributed by atoms with Crippen LogP contribution in [0.15, 0.2) is 36.4 Å². The van der Waals surface area contributed by atoms with Crippen molar-refractivity contribution in [3.63, 3.8) is 0 Å². The first-order valence-electron chi connectivity index (χ1n) is 11.0. The Morgan fingerprint density at radius 2 is 1.26 bits per heavy atom. The lowest BCUT2D eigenvalue weighted by Gasteiger charge is -2.26. The van der Waals surface area contributed by atoms with Crippen molar-refractivity contribution in [3.8, 4) is 11.1 Å². The van der Waals surface area contributed by atoms with Crippen molar-refractivity contribution >= 4 is 24.0 Å². The minimum atomic E-state index is -3.67. The Bertz CT molecular complexity index is 931. The molecule has 0 aliphatic heterocycles. The molecule has 0 bridgehead atoms. The molecule has 174 valence electrons. The summed E-state index contributed by atoms with van der Waals surface area (Å²) in [5.41, 5.74) is 7.42. The predicted molar refractivity (Wildman–Crippen MR) is 139 cm³/mol. The maximum Gasteiger partial charge on any atom is 0.261 e. The molecular formula is C26H41O3PS. The van der Waals surface area contributed by atoms with Gasteiger partial charge in [-0.1, -0.05) is 107 Å². The van der Waals surface area contributed by atoms with Gasteiger partial charge in [-0.25, -0.2) is 0 Å². The Morgan fingerprint density at radius 1 is 0.839 bits per heavy atom. The number of hydrogen-bond donors (Lipinski definition) is 1. The van der Waals surface area contributed by atoms with Crippen LogP contribution in [-0.4, -0.2) is 24.4 Å². The highest BCUT2D eigenvalue weighted by molar-refractivity contribution is 7.85. The second kappa shape index (κ2) is 11.1. The molecule has 0 aliphatic carbocycles. The highest BCUT2D eigenvalue weighted by Crippen LogP contribution is 2.41. The molecule has 0 heterocycles. The number of rotatable bonds is 5. The average Bonchev–Trinajstić information content (AvgIpc) is 2.58. The highest BCUT2D eigenvalue weighted by atomic mass is 32.2. The van der Waals surface area contributed by atoms with Crippen LogP contribution in [0.5, 0.6) is 0 Å². The topological polar surface area (TPSA) is 54.4 Å². The van der Waals surface area contributed by atoms with E-state index < -0.39 is 10.1 Å². The van der Waals surface area contributed by atoms with E-state index in [0.717, 1.165) is 8.58 Å². The Morgan fingerprint density at radius 3 is 1.61 bits per heavy atom. The van der Waals surface area contributed by atoms with Gasteiger partial charge in [-0.15, -0.1) is 0 Å². The first-order valence-corrected chi connectivity index (χ1v) is 13.8. The monoisotopic (exact) mass is 464 g/mol. The van der Waals surface area contributed by atoms with Gasteiger partial charge in [-0.05, 0) is 56.0 Å². The molecule has 2 rings (SSSR count). The average molecular weight is 465 g/mol. The maximum atomic E-state index is 9.19. The minimum Gasteiger partial charge on any atom is -0.286 e. The largest absolute Gasteiger partial charge is 0.286 e. The second-order valence-corrected chi connectivity index (χ2v) is 13.9. The van der Waals surface area contributed by atoms with Gasteiger partial charge in [-0.3, -0.25) is 4.55 Å². The third-order valence-corrected chi connectivity index (χ3v) is 6.29. The second-order valence-electron chi connectivity index (χ2n) is 10.2. The number of benzene rings is 2. The first-order chi connectivity index (χ1) is 14.0. The molecule has 0 saturated carbocycles. The molecule has 0 aliphatic rings. The standard InChI is InChI=1S/C25H37P.CH4O3S/c1-16(2)19-14-21(17(3)4)24(22(15-19)18(5)6)20-12-10-11-13-23(20)26-25(7,8)9;1-5(2,3)4/h10-18,26H,1-9H3;1H3,(H,2,3,4). The van der Waals surface area contributed by atoms with E-state index in [2.05, 4.69) is 98.7 Å². The summed E-state index contributed by atoms with van der Waals surface area (Å²) >= 11 is 0. The summed E-state index contributed by atoms with van der Waals surface area (Å²) in [5, 5.41) is 1.81. The van der Waals surface area contributed by atoms with Crippen LogP contribution in [0.3, 0.4) is 0 Å².